The Labute approximate surface area is 150 Å². The van der Waals surface area contributed by atoms with E-state index in [0.29, 0.717) is 34.7 Å². The third kappa shape index (κ3) is 5.32. The first-order valence-corrected chi connectivity index (χ1v) is 8.23. The SMILES string of the molecule is CCOC(OCC)OCN1N=C(c2cc(Cl)cc(Cl)c2)NCC1=O. The van der Waals surface area contributed by atoms with Gasteiger partial charge >= 0.3 is 0 Å². The zero-order valence-corrected chi connectivity index (χ0v) is 14.9. The third-order valence-electron chi connectivity index (χ3n) is 2.99. The van der Waals surface area contributed by atoms with Crippen molar-refractivity contribution in [3.63, 3.8) is 0 Å². The summed E-state index contributed by atoms with van der Waals surface area (Å²) in [6.07, 6.45) is 0. The molecule has 2 rings (SSSR count). The van der Waals surface area contributed by atoms with Crippen LogP contribution in [0.25, 0.3) is 0 Å². The molecule has 0 saturated carbocycles. The zero-order chi connectivity index (χ0) is 17.5. The highest BCUT2D eigenvalue weighted by molar-refractivity contribution is 6.35. The molecule has 0 saturated heterocycles. The Kier molecular flexibility index (Phi) is 7.26. The molecular formula is C15H19Cl2N3O4. The lowest BCUT2D eigenvalue weighted by molar-refractivity contribution is -0.295. The van der Waals surface area contributed by atoms with Gasteiger partial charge in [0.25, 0.3) is 12.4 Å². The van der Waals surface area contributed by atoms with Crippen LogP contribution in [0.1, 0.15) is 19.4 Å². The van der Waals surface area contributed by atoms with Crippen LogP contribution in [0, 0.1) is 0 Å². The number of hydrogen-bond donors (Lipinski definition) is 1. The van der Waals surface area contributed by atoms with Crippen molar-refractivity contribution in [3.8, 4) is 0 Å². The van der Waals surface area contributed by atoms with Gasteiger partial charge in [0.2, 0.25) is 0 Å². The van der Waals surface area contributed by atoms with Gasteiger partial charge in [0, 0.05) is 28.8 Å². The zero-order valence-electron chi connectivity index (χ0n) is 13.4. The summed E-state index contributed by atoms with van der Waals surface area (Å²) in [6.45, 7) is 3.64. The second-order valence-corrected chi connectivity index (χ2v) is 5.62. The molecule has 1 aliphatic rings. The van der Waals surface area contributed by atoms with Crippen LogP contribution in [0.15, 0.2) is 23.3 Å². The number of carbonyl (C=O) groups excluding carboxylic acids is 1. The van der Waals surface area contributed by atoms with Crippen molar-refractivity contribution in [2.45, 2.75) is 20.3 Å². The molecule has 0 aliphatic carbocycles. The van der Waals surface area contributed by atoms with Crippen LogP contribution in [0.2, 0.25) is 10.0 Å². The average molecular weight is 376 g/mol. The lowest BCUT2D eigenvalue weighted by Crippen LogP contribution is -2.46. The molecule has 0 aromatic heterocycles. The topological polar surface area (TPSA) is 72.4 Å². The summed E-state index contributed by atoms with van der Waals surface area (Å²) in [6, 6.07) is 5.03. The van der Waals surface area contributed by atoms with Crippen LogP contribution in [0.5, 0.6) is 0 Å². The first-order valence-electron chi connectivity index (χ1n) is 7.47. The highest BCUT2D eigenvalue weighted by atomic mass is 35.5. The number of ether oxygens (including phenoxy) is 3. The normalized spacial score (nSPS) is 14.8. The third-order valence-corrected chi connectivity index (χ3v) is 3.43. The molecule has 132 valence electrons. The number of nitrogens with zero attached hydrogens (tertiary/aromatic N) is 2. The number of halogens is 2. The molecule has 7 nitrogen and oxygen atoms in total. The average Bonchev–Trinajstić information content (AvgIpc) is 2.53. The van der Waals surface area contributed by atoms with E-state index in [4.69, 9.17) is 37.4 Å². The van der Waals surface area contributed by atoms with Gasteiger partial charge in [0.1, 0.15) is 6.73 Å². The molecule has 0 bridgehead atoms. The Bertz CT molecular complexity index is 586. The summed E-state index contributed by atoms with van der Waals surface area (Å²) in [4.78, 5) is 12.0. The van der Waals surface area contributed by atoms with Crippen molar-refractivity contribution in [1.29, 1.82) is 0 Å². The molecule has 9 heteroatoms. The molecule has 24 heavy (non-hydrogen) atoms. The minimum absolute atomic E-state index is 0.0836. The lowest BCUT2D eigenvalue weighted by Gasteiger charge is -2.26. The van der Waals surface area contributed by atoms with Crippen molar-refractivity contribution in [1.82, 2.24) is 10.3 Å². The van der Waals surface area contributed by atoms with E-state index in [-0.39, 0.29) is 19.2 Å². The van der Waals surface area contributed by atoms with Crippen LogP contribution in [-0.2, 0) is 19.0 Å². The summed E-state index contributed by atoms with van der Waals surface area (Å²) >= 11 is 12.0. The van der Waals surface area contributed by atoms with Gasteiger partial charge in [-0.3, -0.25) is 4.79 Å². The Morgan fingerprint density at radius 2 is 1.79 bits per heavy atom. The first kappa shape index (κ1) is 19.0. The number of hydrazone groups is 1. The second-order valence-electron chi connectivity index (χ2n) is 4.75. The molecule has 0 atom stereocenters. The smallest absolute Gasteiger partial charge is 0.273 e. The molecule has 0 radical (unpaired) electrons. The van der Waals surface area contributed by atoms with Gasteiger partial charge in [-0.25, -0.2) is 5.01 Å². The van der Waals surface area contributed by atoms with Crippen LogP contribution in [0.4, 0.5) is 0 Å². The van der Waals surface area contributed by atoms with Crippen molar-refractivity contribution in [2.24, 2.45) is 5.10 Å². The minimum Gasteiger partial charge on any atom is -0.359 e. The highest BCUT2D eigenvalue weighted by Gasteiger charge is 2.22. The van der Waals surface area contributed by atoms with E-state index >= 15 is 0 Å². The number of hydrogen-bond acceptors (Lipinski definition) is 6. The summed E-state index contributed by atoms with van der Waals surface area (Å²) < 4.78 is 16.0. The maximum Gasteiger partial charge on any atom is 0.273 e. The van der Waals surface area contributed by atoms with Gasteiger partial charge in [-0.1, -0.05) is 23.2 Å². The predicted octanol–water partition coefficient (Wildman–Crippen LogP) is 2.42. The second kappa shape index (κ2) is 9.19. The van der Waals surface area contributed by atoms with Gasteiger partial charge in [-0.05, 0) is 32.0 Å². The Morgan fingerprint density at radius 3 is 2.38 bits per heavy atom. The summed E-state index contributed by atoms with van der Waals surface area (Å²) in [7, 11) is 0. The maximum atomic E-state index is 12.0. The minimum atomic E-state index is -0.845. The number of benzene rings is 1. The van der Waals surface area contributed by atoms with Crippen LogP contribution < -0.4 is 5.32 Å². The van der Waals surface area contributed by atoms with E-state index in [1.54, 1.807) is 18.2 Å². The van der Waals surface area contributed by atoms with E-state index in [2.05, 4.69) is 10.4 Å². The van der Waals surface area contributed by atoms with Crippen molar-refractivity contribution >= 4 is 34.9 Å². The molecule has 0 unspecified atom stereocenters. The molecule has 1 heterocycles. The molecule has 1 aliphatic heterocycles. The van der Waals surface area contributed by atoms with E-state index in [0.717, 1.165) is 0 Å². The summed E-state index contributed by atoms with van der Waals surface area (Å²) in [5.41, 5.74) is 0.677. The van der Waals surface area contributed by atoms with Crippen LogP contribution in [-0.4, -0.2) is 49.7 Å². The summed E-state index contributed by atoms with van der Waals surface area (Å²) in [5, 5.41) is 9.34. The number of nitrogens with one attached hydrogen (secondary N) is 1. The van der Waals surface area contributed by atoms with E-state index < -0.39 is 6.48 Å². The Hall–Kier alpha value is -1.38. The number of amides is 1. The van der Waals surface area contributed by atoms with Gasteiger partial charge in [0.15, 0.2) is 5.84 Å². The van der Waals surface area contributed by atoms with E-state index in [1.807, 2.05) is 13.8 Å². The molecule has 1 aromatic carbocycles. The Balaban J connectivity index is 2.09. The molecule has 1 amide bonds. The predicted molar refractivity (Wildman–Crippen MR) is 90.8 cm³/mol. The van der Waals surface area contributed by atoms with Gasteiger partial charge in [-0.2, -0.15) is 0 Å². The molecular weight excluding hydrogens is 357 g/mol. The molecule has 0 spiro atoms. The van der Waals surface area contributed by atoms with Crippen molar-refractivity contribution in [2.75, 3.05) is 26.5 Å². The highest BCUT2D eigenvalue weighted by Crippen LogP contribution is 2.20. The number of amidine groups is 1. The maximum absolute atomic E-state index is 12.0. The lowest BCUT2D eigenvalue weighted by atomic mass is 10.2. The van der Waals surface area contributed by atoms with Crippen LogP contribution in [0.3, 0.4) is 0 Å². The molecule has 0 fully saturated rings. The van der Waals surface area contributed by atoms with Gasteiger partial charge in [-0.15, -0.1) is 5.10 Å². The van der Waals surface area contributed by atoms with Crippen molar-refractivity contribution < 1.29 is 19.0 Å². The fourth-order valence-electron chi connectivity index (χ4n) is 1.96. The summed E-state index contributed by atoms with van der Waals surface area (Å²) in [5.74, 6) is 0.241. The van der Waals surface area contributed by atoms with Gasteiger partial charge < -0.3 is 19.5 Å². The fourth-order valence-corrected chi connectivity index (χ4v) is 2.49. The standard InChI is InChI=1S/C15H19Cl2N3O4/c1-3-22-15(23-4-2)24-9-20-13(21)8-18-14(19-20)10-5-11(16)7-12(17)6-10/h5-7,15H,3-4,8-9H2,1-2H3,(H,18,19). The number of rotatable bonds is 8. The van der Waals surface area contributed by atoms with Crippen molar-refractivity contribution in [3.05, 3.63) is 33.8 Å². The number of carbonyl (C=O) groups is 1. The van der Waals surface area contributed by atoms with E-state index in [1.165, 1.54) is 5.01 Å². The Morgan fingerprint density at radius 1 is 1.17 bits per heavy atom. The molecule has 1 aromatic rings. The fraction of sp³-hybridized carbons (Fsp3) is 0.467. The van der Waals surface area contributed by atoms with E-state index in [9.17, 15) is 4.79 Å². The largest absolute Gasteiger partial charge is 0.359 e. The van der Waals surface area contributed by atoms with Crippen LogP contribution >= 0.6 is 23.2 Å². The first-order chi connectivity index (χ1) is 11.5. The quantitative estimate of drug-likeness (QED) is 0.706. The van der Waals surface area contributed by atoms with Gasteiger partial charge in [0.05, 0.1) is 6.54 Å². The monoisotopic (exact) mass is 375 g/mol. The molecule has 1 N–H and O–H groups in total.